The van der Waals surface area contributed by atoms with Gasteiger partial charge in [-0.2, -0.15) is 8.78 Å². The monoisotopic (exact) mass is 336 g/mol. The summed E-state index contributed by atoms with van der Waals surface area (Å²) in [6.45, 7) is 0.0483. The van der Waals surface area contributed by atoms with Crippen LogP contribution in [0.4, 0.5) is 14.5 Å². The summed E-state index contributed by atoms with van der Waals surface area (Å²) in [5.74, 6) is 0.522. The van der Waals surface area contributed by atoms with Gasteiger partial charge in [-0.1, -0.05) is 12.1 Å². The Balaban J connectivity index is 1.66. The third-order valence-electron chi connectivity index (χ3n) is 4.05. The van der Waals surface area contributed by atoms with Crippen LogP contribution < -0.4 is 15.0 Å². The number of para-hydroxylation sites is 2. The van der Waals surface area contributed by atoms with Crippen LogP contribution in [0.15, 0.2) is 41.0 Å². The third-order valence-corrected chi connectivity index (χ3v) is 4.05. The van der Waals surface area contributed by atoms with Gasteiger partial charge in [-0.05, 0) is 31.5 Å². The van der Waals surface area contributed by atoms with Gasteiger partial charge < -0.3 is 19.4 Å². The molecular formula is C17H18F2N2O3. The molecule has 0 bridgehead atoms. The van der Waals surface area contributed by atoms with Gasteiger partial charge in [0, 0.05) is 19.1 Å². The van der Waals surface area contributed by atoms with Crippen molar-refractivity contribution in [2.45, 2.75) is 26.0 Å². The number of nitrogens with zero attached hydrogens (tertiary/aromatic N) is 1. The van der Waals surface area contributed by atoms with Gasteiger partial charge in [0.2, 0.25) is 0 Å². The van der Waals surface area contributed by atoms with Gasteiger partial charge in [-0.25, -0.2) is 0 Å². The third kappa shape index (κ3) is 3.50. The Kier molecular flexibility index (Phi) is 4.69. The lowest BCUT2D eigenvalue weighted by Gasteiger charge is -2.22. The second-order valence-electron chi connectivity index (χ2n) is 5.64. The average molecular weight is 336 g/mol. The first kappa shape index (κ1) is 16.3. The molecule has 1 amide bonds. The Labute approximate surface area is 138 Å². The summed E-state index contributed by atoms with van der Waals surface area (Å²) < 4.78 is 34.8. The predicted molar refractivity (Wildman–Crippen MR) is 84.6 cm³/mol. The quantitative estimate of drug-likeness (QED) is 0.911. The molecule has 1 aromatic carbocycles. The zero-order chi connectivity index (χ0) is 17.1. The molecule has 1 aliphatic heterocycles. The zero-order valence-electron chi connectivity index (χ0n) is 13.2. The molecule has 2 aromatic rings. The first-order valence-corrected chi connectivity index (χ1v) is 7.68. The summed E-state index contributed by atoms with van der Waals surface area (Å²) >= 11 is 0. The fourth-order valence-electron chi connectivity index (χ4n) is 2.89. The van der Waals surface area contributed by atoms with Crippen molar-refractivity contribution in [2.24, 2.45) is 0 Å². The highest BCUT2D eigenvalue weighted by atomic mass is 19.3. The fourth-order valence-corrected chi connectivity index (χ4v) is 2.89. The number of carbonyl (C=O) groups excluding carboxylic acids is 1. The lowest BCUT2D eigenvalue weighted by atomic mass is 10.2. The van der Waals surface area contributed by atoms with E-state index in [1.54, 1.807) is 31.2 Å². The molecule has 0 saturated carbocycles. The molecule has 0 unspecified atom stereocenters. The second kappa shape index (κ2) is 6.90. The van der Waals surface area contributed by atoms with Gasteiger partial charge in [0.05, 0.1) is 17.5 Å². The SMILES string of the molecule is Cc1occc1C(=O)N[C@H]1CCN(c2ccccc2OC(F)F)C1. The topological polar surface area (TPSA) is 54.7 Å². The van der Waals surface area contributed by atoms with Gasteiger partial charge >= 0.3 is 6.61 Å². The molecule has 7 heteroatoms. The normalized spacial score (nSPS) is 17.3. The number of ether oxygens (including phenoxy) is 1. The average Bonchev–Trinajstić information content (AvgIpc) is 3.16. The van der Waals surface area contributed by atoms with Crippen LogP contribution in [-0.4, -0.2) is 31.7 Å². The van der Waals surface area contributed by atoms with Crippen LogP contribution in [0.2, 0.25) is 0 Å². The number of alkyl halides is 2. The maximum Gasteiger partial charge on any atom is 0.387 e. The Hall–Kier alpha value is -2.57. The van der Waals surface area contributed by atoms with E-state index in [4.69, 9.17) is 4.42 Å². The molecule has 5 nitrogen and oxygen atoms in total. The van der Waals surface area contributed by atoms with Crippen molar-refractivity contribution in [3.05, 3.63) is 47.9 Å². The molecule has 0 radical (unpaired) electrons. The summed E-state index contributed by atoms with van der Waals surface area (Å²) in [6, 6.07) is 8.24. The van der Waals surface area contributed by atoms with E-state index in [1.165, 1.54) is 12.3 Å². The van der Waals surface area contributed by atoms with E-state index in [-0.39, 0.29) is 17.7 Å². The van der Waals surface area contributed by atoms with Crippen molar-refractivity contribution in [2.75, 3.05) is 18.0 Å². The number of rotatable bonds is 5. The van der Waals surface area contributed by atoms with Gasteiger partial charge in [-0.15, -0.1) is 0 Å². The van der Waals surface area contributed by atoms with Crippen LogP contribution in [0.1, 0.15) is 22.5 Å². The van der Waals surface area contributed by atoms with Crippen molar-refractivity contribution in [3.63, 3.8) is 0 Å². The molecule has 1 N–H and O–H groups in total. The van der Waals surface area contributed by atoms with E-state index in [0.29, 0.717) is 30.1 Å². The Morgan fingerprint density at radius 3 is 2.88 bits per heavy atom. The molecule has 128 valence electrons. The smallest absolute Gasteiger partial charge is 0.387 e. The first-order valence-electron chi connectivity index (χ1n) is 7.68. The number of hydrogen-bond donors (Lipinski definition) is 1. The summed E-state index contributed by atoms with van der Waals surface area (Å²) in [7, 11) is 0. The zero-order valence-corrected chi connectivity index (χ0v) is 13.2. The first-order chi connectivity index (χ1) is 11.5. The molecule has 1 aliphatic rings. The molecule has 1 saturated heterocycles. The minimum atomic E-state index is -2.87. The molecule has 24 heavy (non-hydrogen) atoms. The van der Waals surface area contributed by atoms with Crippen LogP contribution in [0, 0.1) is 6.92 Å². The Bertz CT molecular complexity index is 717. The summed E-state index contributed by atoms with van der Waals surface area (Å²) in [5, 5.41) is 2.95. The van der Waals surface area contributed by atoms with Crippen LogP contribution in [-0.2, 0) is 0 Å². The van der Waals surface area contributed by atoms with Crippen LogP contribution in [0.5, 0.6) is 5.75 Å². The van der Waals surface area contributed by atoms with Crippen LogP contribution in [0.25, 0.3) is 0 Å². The number of carbonyl (C=O) groups is 1. The number of halogens is 2. The largest absolute Gasteiger partial charge is 0.469 e. The van der Waals surface area contributed by atoms with E-state index >= 15 is 0 Å². The maximum absolute atomic E-state index is 12.5. The van der Waals surface area contributed by atoms with Crippen molar-refractivity contribution >= 4 is 11.6 Å². The minimum Gasteiger partial charge on any atom is -0.469 e. The van der Waals surface area contributed by atoms with Crippen LogP contribution in [0.3, 0.4) is 0 Å². The standard InChI is InChI=1S/C17H18F2N2O3/c1-11-13(7-9-23-11)16(22)20-12-6-8-21(10-12)14-4-2-3-5-15(14)24-17(18)19/h2-5,7,9,12,17H,6,8,10H2,1H3,(H,20,22)/t12-/m0/s1. The number of furan rings is 1. The number of amides is 1. The fraction of sp³-hybridized carbons (Fsp3) is 0.353. The summed E-state index contributed by atoms with van der Waals surface area (Å²) in [4.78, 5) is 14.2. The van der Waals surface area contributed by atoms with E-state index in [2.05, 4.69) is 10.1 Å². The van der Waals surface area contributed by atoms with E-state index in [1.807, 2.05) is 4.90 Å². The molecule has 1 atom stereocenters. The van der Waals surface area contributed by atoms with Gasteiger partial charge in [-0.3, -0.25) is 4.79 Å². The lowest BCUT2D eigenvalue weighted by molar-refractivity contribution is -0.0495. The molecule has 1 aromatic heterocycles. The number of benzene rings is 1. The van der Waals surface area contributed by atoms with Gasteiger partial charge in [0.1, 0.15) is 11.5 Å². The van der Waals surface area contributed by atoms with E-state index in [9.17, 15) is 13.6 Å². The Morgan fingerprint density at radius 1 is 1.38 bits per heavy atom. The predicted octanol–water partition coefficient (Wildman–Crippen LogP) is 3.20. The van der Waals surface area contributed by atoms with Crippen molar-refractivity contribution < 1.29 is 22.7 Å². The van der Waals surface area contributed by atoms with Crippen molar-refractivity contribution in [1.29, 1.82) is 0 Å². The molecule has 0 spiro atoms. The number of anilines is 1. The molecule has 0 aliphatic carbocycles. The number of aryl methyl sites for hydroxylation is 1. The highest BCUT2D eigenvalue weighted by Gasteiger charge is 2.27. The number of nitrogens with one attached hydrogen (secondary N) is 1. The number of hydrogen-bond acceptors (Lipinski definition) is 4. The second-order valence-corrected chi connectivity index (χ2v) is 5.64. The van der Waals surface area contributed by atoms with E-state index < -0.39 is 6.61 Å². The highest BCUT2D eigenvalue weighted by molar-refractivity contribution is 5.95. The summed E-state index contributed by atoms with van der Waals surface area (Å²) in [6.07, 6.45) is 2.20. The molecule has 1 fully saturated rings. The van der Waals surface area contributed by atoms with Gasteiger partial charge in [0.25, 0.3) is 5.91 Å². The van der Waals surface area contributed by atoms with E-state index in [0.717, 1.165) is 6.42 Å². The maximum atomic E-state index is 12.5. The van der Waals surface area contributed by atoms with Crippen LogP contribution >= 0.6 is 0 Å². The molecular weight excluding hydrogens is 318 g/mol. The minimum absolute atomic E-state index is 0.0635. The molecule has 3 rings (SSSR count). The lowest BCUT2D eigenvalue weighted by Crippen LogP contribution is -2.37. The highest BCUT2D eigenvalue weighted by Crippen LogP contribution is 2.31. The van der Waals surface area contributed by atoms with Crippen molar-refractivity contribution in [1.82, 2.24) is 5.32 Å². The molecule has 2 heterocycles. The summed E-state index contributed by atoms with van der Waals surface area (Å²) in [5.41, 5.74) is 1.11. The van der Waals surface area contributed by atoms with Gasteiger partial charge in [0.15, 0.2) is 0 Å². The van der Waals surface area contributed by atoms with Crippen molar-refractivity contribution in [3.8, 4) is 5.75 Å². The Morgan fingerprint density at radius 2 is 2.17 bits per heavy atom.